The zero-order chi connectivity index (χ0) is 15.6. The Balaban J connectivity index is 2.79. The molecule has 0 aliphatic heterocycles. The standard InChI is InChI=1S/C13H13N3O5/c1-2-21-13(20)16-11(18)10-7(6-9(14)17)4-3-5-8(10)15-12(16)19/h3-5H,2,6H2,1H3,(H2,14,17)(H,15,19). The van der Waals surface area contributed by atoms with Gasteiger partial charge in [0.25, 0.3) is 5.56 Å². The summed E-state index contributed by atoms with van der Waals surface area (Å²) in [5, 5.41) is 0.0592. The second-order valence-electron chi connectivity index (χ2n) is 4.25. The molecular formula is C13H13N3O5. The van der Waals surface area contributed by atoms with E-state index in [-0.39, 0.29) is 23.9 Å². The van der Waals surface area contributed by atoms with Gasteiger partial charge in [-0.05, 0) is 18.6 Å². The fourth-order valence-corrected chi connectivity index (χ4v) is 2.02. The lowest BCUT2D eigenvalue weighted by molar-refractivity contribution is -0.117. The van der Waals surface area contributed by atoms with Gasteiger partial charge in [0.1, 0.15) is 0 Å². The molecule has 2 aromatic rings. The number of hydrogen-bond donors (Lipinski definition) is 2. The summed E-state index contributed by atoms with van der Waals surface area (Å²) in [6.07, 6.45) is -1.25. The number of carbonyl (C=O) groups excluding carboxylic acids is 2. The summed E-state index contributed by atoms with van der Waals surface area (Å²) in [5.74, 6) is -0.629. The maximum Gasteiger partial charge on any atom is 0.425 e. The van der Waals surface area contributed by atoms with E-state index in [1.54, 1.807) is 13.0 Å². The Morgan fingerprint density at radius 2 is 2.05 bits per heavy atom. The lowest BCUT2D eigenvalue weighted by Gasteiger charge is -2.07. The molecule has 21 heavy (non-hydrogen) atoms. The van der Waals surface area contributed by atoms with Crippen molar-refractivity contribution in [2.75, 3.05) is 6.61 Å². The normalized spacial score (nSPS) is 10.5. The summed E-state index contributed by atoms with van der Waals surface area (Å²) in [5.41, 5.74) is 3.94. The number of hydrogen-bond acceptors (Lipinski definition) is 5. The fourth-order valence-electron chi connectivity index (χ4n) is 2.02. The third-order valence-electron chi connectivity index (χ3n) is 2.83. The number of ether oxygens (including phenoxy) is 1. The third-order valence-corrected chi connectivity index (χ3v) is 2.83. The van der Waals surface area contributed by atoms with Gasteiger partial charge in [-0.2, -0.15) is 4.57 Å². The van der Waals surface area contributed by atoms with Crippen LogP contribution in [0, 0.1) is 0 Å². The number of aromatic amines is 1. The smallest absolute Gasteiger partial charge is 0.425 e. The number of nitrogens with zero attached hydrogens (tertiary/aromatic N) is 1. The lowest BCUT2D eigenvalue weighted by atomic mass is 10.1. The molecule has 1 amide bonds. The molecule has 110 valence electrons. The largest absolute Gasteiger partial charge is 0.449 e. The van der Waals surface area contributed by atoms with Crippen LogP contribution >= 0.6 is 0 Å². The molecule has 0 aliphatic carbocycles. The van der Waals surface area contributed by atoms with Crippen LogP contribution in [-0.2, 0) is 16.0 Å². The zero-order valence-electron chi connectivity index (χ0n) is 11.2. The van der Waals surface area contributed by atoms with Crippen molar-refractivity contribution in [3.05, 3.63) is 44.6 Å². The summed E-state index contributed by atoms with van der Waals surface area (Å²) in [7, 11) is 0. The molecule has 0 spiro atoms. The van der Waals surface area contributed by atoms with Crippen LogP contribution in [0.4, 0.5) is 4.79 Å². The van der Waals surface area contributed by atoms with Gasteiger partial charge >= 0.3 is 11.8 Å². The quantitative estimate of drug-likeness (QED) is 0.804. The first kappa shape index (κ1) is 14.5. The van der Waals surface area contributed by atoms with E-state index in [4.69, 9.17) is 5.73 Å². The predicted molar refractivity (Wildman–Crippen MR) is 74.1 cm³/mol. The molecule has 0 unspecified atom stereocenters. The van der Waals surface area contributed by atoms with Crippen molar-refractivity contribution in [1.29, 1.82) is 0 Å². The topological polar surface area (TPSA) is 124 Å². The number of amides is 1. The summed E-state index contributed by atoms with van der Waals surface area (Å²) >= 11 is 0. The molecule has 0 radical (unpaired) electrons. The summed E-state index contributed by atoms with van der Waals surface area (Å²) in [6, 6.07) is 4.60. The van der Waals surface area contributed by atoms with Gasteiger partial charge in [0, 0.05) is 0 Å². The Labute approximate surface area is 118 Å². The number of rotatable bonds is 3. The Morgan fingerprint density at radius 1 is 1.33 bits per heavy atom. The molecule has 0 atom stereocenters. The van der Waals surface area contributed by atoms with Gasteiger partial charge in [-0.1, -0.05) is 12.1 Å². The van der Waals surface area contributed by atoms with Crippen LogP contribution in [0.2, 0.25) is 0 Å². The number of aromatic nitrogens is 2. The highest BCUT2D eigenvalue weighted by molar-refractivity contribution is 5.88. The number of H-pyrrole nitrogens is 1. The molecular weight excluding hydrogens is 278 g/mol. The monoisotopic (exact) mass is 291 g/mol. The number of carbonyl (C=O) groups is 2. The highest BCUT2D eigenvalue weighted by Crippen LogP contribution is 2.12. The van der Waals surface area contributed by atoms with Crippen LogP contribution in [0.5, 0.6) is 0 Å². The number of primary amides is 1. The van der Waals surface area contributed by atoms with Gasteiger partial charge in [-0.3, -0.25) is 9.59 Å². The molecule has 0 bridgehead atoms. The minimum absolute atomic E-state index is 0.0195. The van der Waals surface area contributed by atoms with Crippen molar-refractivity contribution in [2.45, 2.75) is 13.3 Å². The second kappa shape index (κ2) is 5.61. The molecule has 8 nitrogen and oxygen atoms in total. The Morgan fingerprint density at radius 3 is 2.67 bits per heavy atom. The molecule has 1 heterocycles. The van der Waals surface area contributed by atoms with E-state index in [1.807, 2.05) is 0 Å². The van der Waals surface area contributed by atoms with Crippen LogP contribution < -0.4 is 17.0 Å². The Hall–Kier alpha value is -2.90. The minimum Gasteiger partial charge on any atom is -0.449 e. The van der Waals surface area contributed by atoms with E-state index in [0.717, 1.165) is 0 Å². The maximum atomic E-state index is 12.4. The van der Waals surface area contributed by atoms with Crippen molar-refractivity contribution in [1.82, 2.24) is 9.55 Å². The number of nitrogens with one attached hydrogen (secondary N) is 1. The first-order valence-electron chi connectivity index (χ1n) is 6.18. The second-order valence-corrected chi connectivity index (χ2v) is 4.25. The lowest BCUT2D eigenvalue weighted by Crippen LogP contribution is -2.40. The molecule has 1 aromatic heterocycles. The minimum atomic E-state index is -1.07. The van der Waals surface area contributed by atoms with E-state index in [9.17, 15) is 19.2 Å². The van der Waals surface area contributed by atoms with E-state index in [0.29, 0.717) is 10.1 Å². The van der Waals surface area contributed by atoms with E-state index >= 15 is 0 Å². The van der Waals surface area contributed by atoms with Crippen LogP contribution in [0.1, 0.15) is 12.5 Å². The first-order chi connectivity index (χ1) is 9.95. The van der Waals surface area contributed by atoms with Crippen molar-refractivity contribution in [3.8, 4) is 0 Å². The maximum absolute atomic E-state index is 12.4. The first-order valence-corrected chi connectivity index (χ1v) is 6.18. The molecule has 2 rings (SSSR count). The molecule has 0 aliphatic rings. The van der Waals surface area contributed by atoms with Gasteiger partial charge in [0.05, 0.1) is 23.9 Å². The third kappa shape index (κ3) is 2.69. The summed E-state index contributed by atoms with van der Waals surface area (Å²) in [6.45, 7) is 1.57. The van der Waals surface area contributed by atoms with Crippen LogP contribution in [0.3, 0.4) is 0 Å². The molecule has 0 saturated carbocycles. The zero-order valence-corrected chi connectivity index (χ0v) is 11.2. The van der Waals surface area contributed by atoms with E-state index < -0.39 is 23.2 Å². The molecule has 0 saturated heterocycles. The number of benzene rings is 1. The SMILES string of the molecule is CCOC(=O)n1c(=O)[nH]c2cccc(CC(N)=O)c2c1=O. The number of fused-ring (bicyclic) bond motifs is 1. The van der Waals surface area contributed by atoms with Gasteiger partial charge in [-0.15, -0.1) is 0 Å². The fraction of sp³-hybridized carbons (Fsp3) is 0.231. The van der Waals surface area contributed by atoms with Crippen molar-refractivity contribution in [3.63, 3.8) is 0 Å². The Kier molecular flexibility index (Phi) is 3.88. The van der Waals surface area contributed by atoms with E-state index in [1.165, 1.54) is 12.1 Å². The highest BCUT2D eigenvalue weighted by Gasteiger charge is 2.17. The summed E-state index contributed by atoms with van der Waals surface area (Å²) < 4.78 is 5.03. The highest BCUT2D eigenvalue weighted by atomic mass is 16.5. The van der Waals surface area contributed by atoms with Crippen molar-refractivity contribution in [2.24, 2.45) is 5.73 Å². The molecule has 1 aromatic carbocycles. The molecule has 3 N–H and O–H groups in total. The van der Waals surface area contributed by atoms with E-state index in [2.05, 4.69) is 9.72 Å². The van der Waals surface area contributed by atoms with Gasteiger partial charge in [0.2, 0.25) is 5.91 Å². The average molecular weight is 291 g/mol. The van der Waals surface area contributed by atoms with Crippen LogP contribution in [0.15, 0.2) is 27.8 Å². The number of nitrogens with two attached hydrogens (primary N) is 1. The van der Waals surface area contributed by atoms with Crippen LogP contribution in [-0.4, -0.2) is 28.2 Å². The van der Waals surface area contributed by atoms with Crippen molar-refractivity contribution >= 4 is 22.9 Å². The molecule has 0 fully saturated rings. The predicted octanol–water partition coefficient (Wildman–Crippen LogP) is -0.278. The average Bonchev–Trinajstić information content (AvgIpc) is 2.37. The van der Waals surface area contributed by atoms with Gasteiger partial charge in [0.15, 0.2) is 0 Å². The summed E-state index contributed by atoms with van der Waals surface area (Å²) in [4.78, 5) is 49.3. The molecule has 8 heteroatoms. The van der Waals surface area contributed by atoms with Gasteiger partial charge in [-0.25, -0.2) is 9.59 Å². The van der Waals surface area contributed by atoms with Crippen molar-refractivity contribution < 1.29 is 14.3 Å². The Bertz CT molecular complexity index is 834. The van der Waals surface area contributed by atoms with Gasteiger partial charge < -0.3 is 15.5 Å². The van der Waals surface area contributed by atoms with Crippen LogP contribution in [0.25, 0.3) is 10.9 Å².